The van der Waals surface area contributed by atoms with Gasteiger partial charge in [-0.2, -0.15) is 35.5 Å². The number of carbonyl (C=O) groups excluding carboxylic acids is 1. The fraction of sp³-hybridized carbons (Fsp3) is 0.333. The zero-order valence-electron chi connectivity index (χ0n) is 22.2. The highest BCUT2D eigenvalue weighted by molar-refractivity contribution is 8.38. The van der Waals surface area contributed by atoms with E-state index in [4.69, 9.17) is 26.2 Å². The number of thiol groups is 1. The smallest absolute Gasteiger partial charge is 0.422 e. The van der Waals surface area contributed by atoms with Gasteiger partial charge < -0.3 is 9.47 Å². The lowest BCUT2D eigenvalue weighted by molar-refractivity contribution is -0.154. The molecule has 0 aliphatic carbocycles. The second kappa shape index (κ2) is 13.7. The molecule has 40 heavy (non-hydrogen) atoms. The Hall–Kier alpha value is -2.88. The number of alkyl halides is 3. The predicted molar refractivity (Wildman–Crippen MR) is 156 cm³/mol. The third kappa shape index (κ3) is 8.32. The van der Waals surface area contributed by atoms with Crippen LogP contribution in [0.1, 0.15) is 55.1 Å². The summed E-state index contributed by atoms with van der Waals surface area (Å²) < 4.78 is 48.7. The monoisotopic (exact) mass is 612 g/mol. The number of benzene rings is 2. The molecule has 214 valence electrons. The summed E-state index contributed by atoms with van der Waals surface area (Å²) in [5, 5.41) is 5.86. The SMILES string of the molecule is CC.CC(C)(OC(=O)c1cnc(OCC(F)(F)F)nc1N1CC(c2ccccc2)C(c2ccc(Cl)cc2)=N1)PS. The molecule has 7 nitrogen and oxygen atoms in total. The Morgan fingerprint density at radius 3 is 2.38 bits per heavy atom. The molecule has 2 heterocycles. The molecule has 2 unspecified atom stereocenters. The summed E-state index contributed by atoms with van der Waals surface area (Å²) in [5.74, 6) is -1.04. The van der Waals surface area contributed by atoms with E-state index in [0.717, 1.165) is 17.3 Å². The molecule has 1 aliphatic rings. The Kier molecular flexibility index (Phi) is 10.8. The highest BCUT2D eigenvalue weighted by atomic mass is 35.5. The first kappa shape index (κ1) is 31.6. The largest absolute Gasteiger partial charge is 0.454 e. The van der Waals surface area contributed by atoms with E-state index in [-0.39, 0.29) is 31.6 Å². The van der Waals surface area contributed by atoms with Gasteiger partial charge in [0.05, 0.1) is 18.5 Å². The van der Waals surface area contributed by atoms with Crippen molar-refractivity contribution in [1.29, 1.82) is 0 Å². The van der Waals surface area contributed by atoms with Crippen molar-refractivity contribution in [1.82, 2.24) is 9.97 Å². The van der Waals surface area contributed by atoms with Gasteiger partial charge in [0.25, 0.3) is 0 Å². The Labute approximate surface area is 243 Å². The van der Waals surface area contributed by atoms with E-state index in [0.29, 0.717) is 10.7 Å². The van der Waals surface area contributed by atoms with Gasteiger partial charge in [0.15, 0.2) is 12.4 Å². The van der Waals surface area contributed by atoms with E-state index in [1.54, 1.807) is 26.0 Å². The Bertz CT molecular complexity index is 1330. The highest BCUT2D eigenvalue weighted by Gasteiger charge is 2.35. The van der Waals surface area contributed by atoms with Crippen molar-refractivity contribution >= 4 is 49.1 Å². The van der Waals surface area contributed by atoms with Crippen molar-refractivity contribution in [2.45, 2.75) is 45.1 Å². The maximum absolute atomic E-state index is 13.1. The number of hydrogen-bond donors (Lipinski definition) is 1. The molecular weight excluding hydrogens is 584 g/mol. The van der Waals surface area contributed by atoms with Gasteiger partial charge in [-0.1, -0.05) is 67.9 Å². The van der Waals surface area contributed by atoms with Gasteiger partial charge in [0.1, 0.15) is 10.9 Å². The van der Waals surface area contributed by atoms with Crippen LogP contribution in [0.2, 0.25) is 5.02 Å². The molecule has 3 aromatic rings. The Balaban J connectivity index is 0.00000216. The van der Waals surface area contributed by atoms with Gasteiger partial charge >= 0.3 is 18.2 Å². The molecule has 2 aromatic carbocycles. The van der Waals surface area contributed by atoms with Crippen molar-refractivity contribution in [3.63, 3.8) is 0 Å². The second-order valence-electron chi connectivity index (χ2n) is 8.84. The van der Waals surface area contributed by atoms with E-state index >= 15 is 0 Å². The standard InChI is InChI=1S/C25H23ClF3N4O3PS.C2H6/c1-24(2,37-38)36-22(34)18-12-30-23(35-14-25(27,28)29)31-21(18)33-13-19(15-6-4-3-5-7-15)20(32-33)16-8-10-17(26)11-9-16;1-2/h3-12,19,37-38H,13-14H2,1-2H3;1-2H3. The van der Waals surface area contributed by atoms with Crippen molar-refractivity contribution < 1.29 is 27.4 Å². The minimum Gasteiger partial charge on any atom is -0.454 e. The van der Waals surface area contributed by atoms with Crippen LogP contribution in [-0.2, 0) is 4.74 Å². The van der Waals surface area contributed by atoms with Crippen LogP contribution >= 0.6 is 31.6 Å². The molecule has 0 N–H and O–H groups in total. The van der Waals surface area contributed by atoms with Crippen LogP contribution in [0.25, 0.3) is 0 Å². The van der Waals surface area contributed by atoms with Crippen LogP contribution in [0.5, 0.6) is 6.01 Å². The highest BCUT2D eigenvalue weighted by Crippen LogP contribution is 2.38. The summed E-state index contributed by atoms with van der Waals surface area (Å²) in [5.41, 5.74) is 2.33. The van der Waals surface area contributed by atoms with Gasteiger partial charge in [-0.25, -0.2) is 14.8 Å². The molecule has 0 saturated carbocycles. The van der Waals surface area contributed by atoms with Gasteiger partial charge in [-0.05, 0) is 44.9 Å². The van der Waals surface area contributed by atoms with E-state index in [2.05, 4.69) is 22.2 Å². The molecule has 0 amide bonds. The molecule has 0 fully saturated rings. The number of aromatic nitrogens is 2. The van der Waals surface area contributed by atoms with Crippen LogP contribution in [-0.4, -0.2) is 46.3 Å². The normalized spacial score (nSPS) is 15.5. The summed E-state index contributed by atoms with van der Waals surface area (Å²) in [6, 6.07) is 16.2. The van der Waals surface area contributed by atoms with Crippen LogP contribution < -0.4 is 9.75 Å². The first-order valence-electron chi connectivity index (χ1n) is 12.3. The van der Waals surface area contributed by atoms with Crippen LogP contribution in [0.4, 0.5) is 19.0 Å². The molecule has 2 atom stereocenters. The quantitative estimate of drug-likeness (QED) is 0.161. The number of carbonyl (C=O) groups is 1. The summed E-state index contributed by atoms with van der Waals surface area (Å²) in [7, 11) is -0.0206. The predicted octanol–water partition coefficient (Wildman–Crippen LogP) is 7.52. The van der Waals surface area contributed by atoms with Gasteiger partial charge in [0.2, 0.25) is 0 Å². The number of hydrazone groups is 1. The van der Waals surface area contributed by atoms with E-state index in [9.17, 15) is 18.0 Å². The maximum atomic E-state index is 13.1. The summed E-state index contributed by atoms with van der Waals surface area (Å²) >= 11 is 10.3. The van der Waals surface area contributed by atoms with Crippen molar-refractivity contribution in [2.75, 3.05) is 18.2 Å². The van der Waals surface area contributed by atoms with Crippen molar-refractivity contribution in [3.05, 3.63) is 82.5 Å². The van der Waals surface area contributed by atoms with Crippen LogP contribution in [0, 0.1) is 0 Å². The summed E-state index contributed by atoms with van der Waals surface area (Å²) in [6.07, 6.45) is -3.51. The lowest BCUT2D eigenvalue weighted by atomic mass is 9.91. The number of anilines is 1. The average molecular weight is 613 g/mol. The number of hydrogen-bond acceptors (Lipinski definition) is 8. The van der Waals surface area contributed by atoms with E-state index < -0.39 is 30.1 Å². The number of rotatable bonds is 8. The molecule has 1 aromatic heterocycles. The number of ether oxygens (including phenoxy) is 2. The first-order valence-corrected chi connectivity index (χ1v) is 15.0. The molecule has 13 heteroatoms. The van der Waals surface area contributed by atoms with Crippen LogP contribution in [0.3, 0.4) is 0 Å². The zero-order chi connectivity index (χ0) is 29.5. The van der Waals surface area contributed by atoms with Crippen LogP contribution in [0.15, 0.2) is 65.9 Å². The molecule has 4 rings (SSSR count). The van der Waals surface area contributed by atoms with E-state index in [1.165, 1.54) is 5.01 Å². The lowest BCUT2D eigenvalue weighted by Gasteiger charge is -2.24. The van der Waals surface area contributed by atoms with Gasteiger partial charge in [0, 0.05) is 10.9 Å². The van der Waals surface area contributed by atoms with Gasteiger partial charge in [-0.15, -0.1) is 0 Å². The minimum atomic E-state index is -4.59. The topological polar surface area (TPSA) is 76.9 Å². The average Bonchev–Trinajstić information content (AvgIpc) is 3.38. The first-order chi connectivity index (χ1) is 19.0. The Morgan fingerprint density at radius 2 is 1.77 bits per heavy atom. The van der Waals surface area contributed by atoms with E-state index in [1.807, 2.05) is 56.3 Å². The molecule has 1 aliphatic heterocycles. The number of halogens is 4. The fourth-order valence-electron chi connectivity index (χ4n) is 3.69. The molecule has 0 spiro atoms. The summed E-state index contributed by atoms with van der Waals surface area (Å²) in [4.78, 5) is 21.1. The number of esters is 1. The van der Waals surface area contributed by atoms with Crippen molar-refractivity contribution in [3.8, 4) is 6.01 Å². The number of nitrogens with zero attached hydrogens (tertiary/aromatic N) is 4. The molecular formula is C27H29ClF3N4O3PS. The lowest BCUT2D eigenvalue weighted by Crippen LogP contribution is -2.26. The molecule has 0 saturated heterocycles. The second-order valence-corrected chi connectivity index (χ2v) is 11.4. The Morgan fingerprint density at radius 1 is 1.12 bits per heavy atom. The third-order valence-electron chi connectivity index (χ3n) is 5.45. The molecule has 0 radical (unpaired) electrons. The fourth-order valence-corrected chi connectivity index (χ4v) is 4.09. The van der Waals surface area contributed by atoms with Gasteiger partial charge in [-0.3, -0.25) is 0 Å². The third-order valence-corrected chi connectivity index (χ3v) is 7.96. The maximum Gasteiger partial charge on any atom is 0.422 e. The summed E-state index contributed by atoms with van der Waals surface area (Å²) in [6.45, 7) is 6.04. The minimum absolute atomic E-state index is 0.0206. The van der Waals surface area contributed by atoms with Crippen molar-refractivity contribution in [2.24, 2.45) is 5.10 Å². The zero-order valence-corrected chi connectivity index (χ0v) is 24.9. The molecule has 0 bridgehead atoms.